The van der Waals surface area contributed by atoms with Crippen molar-refractivity contribution in [1.82, 2.24) is 5.32 Å². The minimum absolute atomic E-state index is 0.205. The molecule has 0 aliphatic carbocycles. The minimum Gasteiger partial charge on any atom is -0.316 e. The highest BCUT2D eigenvalue weighted by Crippen LogP contribution is 2.15. The third-order valence-corrected chi connectivity index (χ3v) is 2.42. The van der Waals surface area contributed by atoms with E-state index in [4.69, 9.17) is 11.6 Å². The normalized spacial score (nSPS) is 11.0. The van der Waals surface area contributed by atoms with Crippen molar-refractivity contribution >= 4 is 11.6 Å². The Morgan fingerprint density at radius 3 is 2.73 bits per heavy atom. The summed E-state index contributed by atoms with van der Waals surface area (Å²) in [6.45, 7) is 6.25. The Hall–Kier alpha value is -0.600. The maximum atomic E-state index is 12.8. The van der Waals surface area contributed by atoms with E-state index in [0.717, 1.165) is 25.1 Å². The Morgan fingerprint density at radius 1 is 1.40 bits per heavy atom. The Balaban J connectivity index is 2.35. The fourth-order valence-corrected chi connectivity index (χ4v) is 1.52. The van der Waals surface area contributed by atoms with Crippen LogP contribution in [0.3, 0.4) is 0 Å². The molecule has 0 fully saturated rings. The predicted molar refractivity (Wildman–Crippen MR) is 62.8 cm³/mol. The van der Waals surface area contributed by atoms with Crippen molar-refractivity contribution in [3.63, 3.8) is 0 Å². The molecule has 1 aromatic rings. The van der Waals surface area contributed by atoms with Crippen LogP contribution in [0.2, 0.25) is 5.02 Å². The van der Waals surface area contributed by atoms with E-state index >= 15 is 0 Å². The van der Waals surface area contributed by atoms with E-state index in [2.05, 4.69) is 19.2 Å². The molecule has 0 heterocycles. The zero-order valence-corrected chi connectivity index (χ0v) is 9.94. The van der Waals surface area contributed by atoms with E-state index in [9.17, 15) is 4.39 Å². The van der Waals surface area contributed by atoms with Gasteiger partial charge in [0.2, 0.25) is 0 Å². The van der Waals surface area contributed by atoms with Crippen molar-refractivity contribution in [3.05, 3.63) is 34.6 Å². The Bertz CT molecular complexity index is 312. The van der Waals surface area contributed by atoms with Gasteiger partial charge in [-0.25, -0.2) is 4.39 Å². The first-order valence-corrected chi connectivity index (χ1v) is 5.62. The van der Waals surface area contributed by atoms with Gasteiger partial charge in [0.25, 0.3) is 0 Å². The molecule has 0 aliphatic rings. The van der Waals surface area contributed by atoms with Crippen molar-refractivity contribution in [2.45, 2.75) is 20.3 Å². The third-order valence-electron chi connectivity index (χ3n) is 2.13. The van der Waals surface area contributed by atoms with Crippen LogP contribution in [-0.2, 0) is 6.42 Å². The molecule has 15 heavy (non-hydrogen) atoms. The summed E-state index contributed by atoms with van der Waals surface area (Å²) in [6.07, 6.45) is 0.882. The molecule has 1 rings (SSSR count). The lowest BCUT2D eigenvalue weighted by Crippen LogP contribution is -2.22. The number of hydrogen-bond acceptors (Lipinski definition) is 1. The Labute approximate surface area is 95.6 Å². The summed E-state index contributed by atoms with van der Waals surface area (Å²) in [4.78, 5) is 0. The molecule has 1 nitrogen and oxygen atoms in total. The first-order chi connectivity index (χ1) is 7.09. The lowest BCUT2D eigenvalue weighted by molar-refractivity contribution is 0.554. The second-order valence-corrected chi connectivity index (χ2v) is 4.50. The minimum atomic E-state index is -0.351. The number of halogens is 2. The van der Waals surface area contributed by atoms with E-state index < -0.39 is 0 Å². The molecule has 0 unspecified atom stereocenters. The molecule has 1 N–H and O–H groups in total. The van der Waals surface area contributed by atoms with E-state index in [-0.39, 0.29) is 10.8 Å². The molecule has 0 aromatic heterocycles. The van der Waals surface area contributed by atoms with Gasteiger partial charge in [-0.3, -0.25) is 0 Å². The standard InChI is InChI=1S/C12H17ClFN/c1-9(2)8-15-6-5-10-3-4-12(14)11(13)7-10/h3-4,7,9,15H,5-6,8H2,1-2H3. The lowest BCUT2D eigenvalue weighted by atomic mass is 10.1. The van der Waals surface area contributed by atoms with Crippen molar-refractivity contribution in [2.24, 2.45) is 5.92 Å². The Morgan fingerprint density at radius 2 is 2.13 bits per heavy atom. The van der Waals surface area contributed by atoms with Crippen molar-refractivity contribution in [3.8, 4) is 0 Å². The number of rotatable bonds is 5. The topological polar surface area (TPSA) is 12.0 Å². The van der Waals surface area contributed by atoms with Gasteiger partial charge in [-0.05, 0) is 43.1 Å². The van der Waals surface area contributed by atoms with Gasteiger partial charge in [-0.2, -0.15) is 0 Å². The monoisotopic (exact) mass is 229 g/mol. The lowest BCUT2D eigenvalue weighted by Gasteiger charge is -2.07. The van der Waals surface area contributed by atoms with Crippen LogP contribution in [0, 0.1) is 11.7 Å². The first-order valence-electron chi connectivity index (χ1n) is 5.24. The summed E-state index contributed by atoms with van der Waals surface area (Å²) >= 11 is 5.68. The summed E-state index contributed by atoms with van der Waals surface area (Å²) in [5.74, 6) is 0.303. The molecule has 3 heteroatoms. The van der Waals surface area contributed by atoms with Crippen LogP contribution in [0.15, 0.2) is 18.2 Å². The van der Waals surface area contributed by atoms with Gasteiger partial charge in [0.05, 0.1) is 5.02 Å². The van der Waals surface area contributed by atoms with Gasteiger partial charge >= 0.3 is 0 Å². The number of nitrogens with one attached hydrogen (secondary N) is 1. The molecular formula is C12H17ClFN. The SMILES string of the molecule is CC(C)CNCCc1ccc(F)c(Cl)c1. The molecule has 0 spiro atoms. The van der Waals surface area contributed by atoms with Crippen molar-refractivity contribution < 1.29 is 4.39 Å². The fraction of sp³-hybridized carbons (Fsp3) is 0.500. The van der Waals surface area contributed by atoms with Gasteiger partial charge in [0.1, 0.15) is 5.82 Å². The predicted octanol–water partition coefficient (Wildman–Crippen LogP) is 3.27. The average Bonchev–Trinajstić information content (AvgIpc) is 2.18. The van der Waals surface area contributed by atoms with Crippen LogP contribution in [0.25, 0.3) is 0 Å². The maximum absolute atomic E-state index is 12.8. The maximum Gasteiger partial charge on any atom is 0.141 e. The van der Waals surface area contributed by atoms with Crippen LogP contribution in [-0.4, -0.2) is 13.1 Å². The van der Waals surface area contributed by atoms with Crippen LogP contribution in [0.5, 0.6) is 0 Å². The quantitative estimate of drug-likeness (QED) is 0.765. The summed E-state index contributed by atoms with van der Waals surface area (Å²) in [7, 11) is 0. The molecule has 1 aromatic carbocycles. The molecule has 0 saturated carbocycles. The van der Waals surface area contributed by atoms with Crippen LogP contribution < -0.4 is 5.32 Å². The van der Waals surface area contributed by atoms with Gasteiger partial charge in [0.15, 0.2) is 0 Å². The molecule has 0 radical (unpaired) electrons. The summed E-state index contributed by atoms with van der Waals surface area (Å²) in [5.41, 5.74) is 1.07. The van der Waals surface area contributed by atoms with Crippen LogP contribution >= 0.6 is 11.6 Å². The molecule has 0 aliphatic heterocycles. The highest BCUT2D eigenvalue weighted by atomic mass is 35.5. The van der Waals surface area contributed by atoms with E-state index in [1.165, 1.54) is 6.07 Å². The smallest absolute Gasteiger partial charge is 0.141 e. The average molecular weight is 230 g/mol. The summed E-state index contributed by atoms with van der Waals surface area (Å²) in [6, 6.07) is 4.88. The van der Waals surface area contributed by atoms with Crippen LogP contribution in [0.1, 0.15) is 19.4 Å². The zero-order chi connectivity index (χ0) is 11.3. The molecule has 0 bridgehead atoms. The van der Waals surface area contributed by atoms with Crippen LogP contribution in [0.4, 0.5) is 4.39 Å². The largest absolute Gasteiger partial charge is 0.316 e. The molecular weight excluding hydrogens is 213 g/mol. The van der Waals surface area contributed by atoms with Crippen molar-refractivity contribution in [2.75, 3.05) is 13.1 Å². The van der Waals surface area contributed by atoms with E-state index in [1.807, 2.05) is 0 Å². The second kappa shape index (κ2) is 6.09. The number of hydrogen-bond donors (Lipinski definition) is 1. The van der Waals surface area contributed by atoms with E-state index in [1.54, 1.807) is 12.1 Å². The summed E-state index contributed by atoms with van der Waals surface area (Å²) < 4.78 is 12.8. The zero-order valence-electron chi connectivity index (χ0n) is 9.19. The van der Waals surface area contributed by atoms with Gasteiger partial charge in [-0.1, -0.05) is 31.5 Å². The van der Waals surface area contributed by atoms with Gasteiger partial charge in [0, 0.05) is 0 Å². The second-order valence-electron chi connectivity index (χ2n) is 4.10. The highest BCUT2D eigenvalue weighted by molar-refractivity contribution is 6.30. The highest BCUT2D eigenvalue weighted by Gasteiger charge is 2.00. The van der Waals surface area contributed by atoms with Gasteiger partial charge in [-0.15, -0.1) is 0 Å². The molecule has 0 atom stereocenters. The Kier molecular flexibility index (Phi) is 5.06. The first kappa shape index (κ1) is 12.5. The fourth-order valence-electron chi connectivity index (χ4n) is 1.32. The van der Waals surface area contributed by atoms with E-state index in [0.29, 0.717) is 5.92 Å². The third kappa shape index (κ3) is 4.63. The van der Waals surface area contributed by atoms with Crippen molar-refractivity contribution in [1.29, 1.82) is 0 Å². The molecule has 0 saturated heterocycles. The summed E-state index contributed by atoms with van der Waals surface area (Å²) in [5, 5.41) is 3.54. The molecule has 84 valence electrons. The van der Waals surface area contributed by atoms with Gasteiger partial charge < -0.3 is 5.32 Å². The molecule has 0 amide bonds. The number of benzene rings is 1.